The fourth-order valence-electron chi connectivity index (χ4n) is 1.63. The maximum Gasteiger partial charge on any atom is 0.264 e. The number of ether oxygens (including phenoxy) is 1. The largest absolute Gasteiger partial charge is 0.506 e. The van der Waals surface area contributed by atoms with Crippen molar-refractivity contribution < 1.29 is 19.4 Å². The molecule has 6 nitrogen and oxygen atoms in total. The smallest absolute Gasteiger partial charge is 0.264 e. The van der Waals surface area contributed by atoms with E-state index in [4.69, 9.17) is 28.6 Å². The third kappa shape index (κ3) is 12.1. The van der Waals surface area contributed by atoms with Gasteiger partial charge >= 0.3 is 0 Å². The number of hydrogen-bond acceptors (Lipinski definition) is 6. The molecule has 0 amide bonds. The van der Waals surface area contributed by atoms with Crippen molar-refractivity contribution >= 4 is 122 Å². The van der Waals surface area contributed by atoms with Crippen molar-refractivity contribution in [2.45, 2.75) is 0 Å². The first-order valence-electron chi connectivity index (χ1n) is 8.58. The fourth-order valence-corrected chi connectivity index (χ4v) is 4.31. The predicted octanol–water partition coefficient (Wildman–Crippen LogP) is 7.05. The first-order valence-corrected chi connectivity index (χ1v) is 12.9. The van der Waals surface area contributed by atoms with Crippen LogP contribution >= 0.6 is 99.8 Å². The molecule has 0 aromatic heterocycles. The molecule has 0 spiro atoms. The molecule has 0 heterocycles. The van der Waals surface area contributed by atoms with Crippen LogP contribution < -0.4 is 4.74 Å². The van der Waals surface area contributed by atoms with E-state index in [9.17, 15) is 14.7 Å². The molecule has 2 rings (SSSR count). The molecule has 0 fully saturated rings. The Balaban J connectivity index is 0.000000520. The van der Waals surface area contributed by atoms with Crippen LogP contribution in [0.1, 0.15) is 20.7 Å². The standard InChI is InChI=1S/C10H9Br2NO2S.C7H4Br2O2.C3H6ClNS/c1-13(2)10(16)15-9-6(5-14)3-7(11)4-8(9)12;8-5-1-4(3-10)7(11)6(9)2-5;1-5(2)3(4)6/h3-5H,1-2H3;1-3,11H;1-2H3. The molecule has 13 heteroatoms. The van der Waals surface area contributed by atoms with E-state index in [2.05, 4.69) is 75.9 Å². The van der Waals surface area contributed by atoms with Crippen LogP contribution in [0.25, 0.3) is 0 Å². The van der Waals surface area contributed by atoms with Gasteiger partial charge in [0.15, 0.2) is 22.8 Å². The highest BCUT2D eigenvalue weighted by Gasteiger charge is 2.13. The van der Waals surface area contributed by atoms with Crippen molar-refractivity contribution in [2.75, 3.05) is 28.2 Å². The van der Waals surface area contributed by atoms with Crippen molar-refractivity contribution in [3.8, 4) is 11.5 Å². The maximum absolute atomic E-state index is 10.9. The lowest BCUT2D eigenvalue weighted by molar-refractivity contribution is 0.111. The van der Waals surface area contributed by atoms with Gasteiger partial charge < -0.3 is 19.6 Å². The van der Waals surface area contributed by atoms with Gasteiger partial charge in [0.1, 0.15) is 5.75 Å². The molecule has 0 aliphatic heterocycles. The molecule has 2 aromatic rings. The van der Waals surface area contributed by atoms with Gasteiger partial charge in [0.2, 0.25) is 0 Å². The van der Waals surface area contributed by atoms with E-state index >= 15 is 0 Å². The van der Waals surface area contributed by atoms with E-state index in [1.54, 1.807) is 62.3 Å². The Morgan fingerprint density at radius 1 is 0.879 bits per heavy atom. The molecule has 0 radical (unpaired) electrons. The molecular weight excluding hydrogens is 751 g/mol. The molecule has 180 valence electrons. The second kappa shape index (κ2) is 16.1. The predicted molar refractivity (Wildman–Crippen MR) is 155 cm³/mol. The van der Waals surface area contributed by atoms with E-state index in [-0.39, 0.29) is 11.3 Å². The topological polar surface area (TPSA) is 70.1 Å². The van der Waals surface area contributed by atoms with Crippen molar-refractivity contribution in [3.63, 3.8) is 0 Å². The number of benzene rings is 2. The van der Waals surface area contributed by atoms with Gasteiger partial charge in [-0.2, -0.15) is 0 Å². The molecule has 0 aliphatic carbocycles. The number of rotatable bonds is 3. The Hall–Kier alpha value is -0.630. The molecule has 0 unspecified atom stereocenters. The number of carbonyl (C=O) groups excluding carboxylic acids is 2. The Morgan fingerprint density at radius 2 is 1.30 bits per heavy atom. The molecule has 1 N–H and O–H groups in total. The van der Waals surface area contributed by atoms with E-state index in [0.29, 0.717) is 36.2 Å². The number of aldehydes is 2. The Morgan fingerprint density at radius 3 is 1.70 bits per heavy atom. The summed E-state index contributed by atoms with van der Waals surface area (Å²) in [5.41, 5.74) is 0.705. The lowest BCUT2D eigenvalue weighted by Crippen LogP contribution is -2.25. The first-order chi connectivity index (χ1) is 15.2. The Bertz CT molecular complexity index is 1020. The average Bonchev–Trinajstić information content (AvgIpc) is 2.72. The van der Waals surface area contributed by atoms with Crippen LogP contribution in [0.15, 0.2) is 42.2 Å². The summed E-state index contributed by atoms with van der Waals surface area (Å²) in [7, 11) is 7.15. The van der Waals surface area contributed by atoms with Gasteiger partial charge in [-0.3, -0.25) is 9.59 Å². The fraction of sp³-hybridized carbons (Fsp3) is 0.200. The zero-order chi connectivity index (χ0) is 25.9. The third-order valence-corrected chi connectivity index (χ3v) is 6.52. The highest BCUT2D eigenvalue weighted by molar-refractivity contribution is 9.11. The van der Waals surface area contributed by atoms with Crippen LogP contribution in [-0.2, 0) is 0 Å². The van der Waals surface area contributed by atoms with Gasteiger partial charge in [-0.25, -0.2) is 0 Å². The van der Waals surface area contributed by atoms with Crippen molar-refractivity contribution in [1.82, 2.24) is 9.80 Å². The zero-order valence-corrected chi connectivity index (χ0v) is 26.5. The van der Waals surface area contributed by atoms with Crippen LogP contribution in [0.3, 0.4) is 0 Å². The molecule has 0 aliphatic rings. The number of thiocarbonyl (C=S) groups is 2. The third-order valence-electron chi connectivity index (χ3n) is 3.25. The Labute approximate surface area is 242 Å². The van der Waals surface area contributed by atoms with Gasteiger partial charge in [-0.15, -0.1) is 0 Å². The summed E-state index contributed by atoms with van der Waals surface area (Å²) in [5.74, 6) is 0.403. The van der Waals surface area contributed by atoms with Crippen molar-refractivity contribution in [3.05, 3.63) is 53.3 Å². The molecule has 0 bridgehead atoms. The minimum absolute atomic E-state index is 0.0248. The molecule has 0 saturated heterocycles. The summed E-state index contributed by atoms with van der Waals surface area (Å²) in [6.45, 7) is 0. The van der Waals surface area contributed by atoms with Crippen LogP contribution in [0.5, 0.6) is 11.5 Å². The zero-order valence-electron chi connectivity index (χ0n) is 17.7. The minimum Gasteiger partial charge on any atom is -0.506 e. The summed E-state index contributed by atoms with van der Waals surface area (Å²) in [5, 5.41) is 9.52. The molecule has 0 saturated carbocycles. The van der Waals surface area contributed by atoms with Gasteiger partial charge in [-0.05, 0) is 80.6 Å². The summed E-state index contributed by atoms with van der Waals surface area (Å²) in [6.07, 6.45) is 1.33. The highest BCUT2D eigenvalue weighted by Crippen LogP contribution is 2.32. The Kier molecular flexibility index (Phi) is 15.8. The average molecular weight is 771 g/mol. The normalized spacial score (nSPS) is 9.36. The summed E-state index contributed by atoms with van der Waals surface area (Å²) < 4.78 is 8.57. The number of carbonyl (C=O) groups is 2. The van der Waals surface area contributed by atoms with Gasteiger partial charge in [0, 0.05) is 37.1 Å². The number of nitrogens with zero attached hydrogens (tertiary/aromatic N) is 2. The van der Waals surface area contributed by atoms with Crippen LogP contribution in [0.4, 0.5) is 0 Å². The molecule has 33 heavy (non-hydrogen) atoms. The van der Waals surface area contributed by atoms with Crippen molar-refractivity contribution in [1.29, 1.82) is 0 Å². The summed E-state index contributed by atoms with van der Waals surface area (Å²) in [6, 6.07) is 6.68. The van der Waals surface area contributed by atoms with E-state index < -0.39 is 0 Å². The second-order valence-corrected chi connectivity index (χ2v) is 11.1. The van der Waals surface area contributed by atoms with Gasteiger partial charge in [0.25, 0.3) is 5.17 Å². The number of aromatic hydroxyl groups is 1. The van der Waals surface area contributed by atoms with E-state index in [1.807, 2.05) is 0 Å². The monoisotopic (exact) mass is 766 g/mol. The number of phenolic OH excluding ortho intramolecular Hbond substituents is 1. The second-order valence-electron chi connectivity index (χ2n) is 6.28. The summed E-state index contributed by atoms with van der Waals surface area (Å²) >= 11 is 27.7. The van der Waals surface area contributed by atoms with Crippen LogP contribution in [0.2, 0.25) is 0 Å². The molecule has 0 atom stereocenters. The minimum atomic E-state index is -0.0248. The number of hydrogen-bond donors (Lipinski definition) is 1. The highest BCUT2D eigenvalue weighted by atomic mass is 79.9. The van der Waals surface area contributed by atoms with Gasteiger partial charge in [-0.1, -0.05) is 43.5 Å². The van der Waals surface area contributed by atoms with E-state index in [0.717, 1.165) is 15.2 Å². The number of halogens is 5. The van der Waals surface area contributed by atoms with Crippen LogP contribution in [-0.4, -0.2) is 65.3 Å². The van der Waals surface area contributed by atoms with Crippen LogP contribution in [0, 0.1) is 0 Å². The van der Waals surface area contributed by atoms with Gasteiger partial charge in [0.05, 0.1) is 20.1 Å². The quantitative estimate of drug-likeness (QED) is 0.154. The van der Waals surface area contributed by atoms with E-state index in [1.165, 1.54) is 0 Å². The lowest BCUT2D eigenvalue weighted by Gasteiger charge is -2.16. The lowest BCUT2D eigenvalue weighted by atomic mass is 10.2. The maximum atomic E-state index is 10.9. The first kappa shape index (κ1) is 32.4. The molecule has 2 aromatic carbocycles. The summed E-state index contributed by atoms with van der Waals surface area (Å²) in [4.78, 5) is 24.5. The SMILES string of the molecule is CN(C)C(=S)Cl.CN(C)C(=S)Oc1c(Br)cc(Br)cc1C=O.O=Cc1cc(Br)cc(Br)c1O. The van der Waals surface area contributed by atoms with Crippen molar-refractivity contribution in [2.24, 2.45) is 0 Å². The number of phenols is 1. The molecular formula is C20H19Br4ClN2O4S2.